The van der Waals surface area contributed by atoms with Gasteiger partial charge >= 0.3 is 0 Å². The molecule has 0 aliphatic carbocycles. The second-order valence-corrected chi connectivity index (χ2v) is 8.84. The fraction of sp³-hybridized carbons (Fsp3) is 0.474. The molecule has 0 radical (unpaired) electrons. The smallest absolute Gasteiger partial charge is 0.242 e. The quantitative estimate of drug-likeness (QED) is 0.508. The molecule has 2 amide bonds. The van der Waals surface area contributed by atoms with Crippen LogP contribution in [-0.2, 0) is 9.59 Å². The van der Waals surface area contributed by atoms with E-state index >= 15 is 0 Å². The SMILES string of the molecule is CCCNC(=O)[C@@H](C)NC(=O)CSc1nnc(Nc2ccc(C(C)C)cc2)s1. The van der Waals surface area contributed by atoms with Crippen molar-refractivity contribution in [2.45, 2.75) is 50.4 Å². The lowest BCUT2D eigenvalue weighted by Gasteiger charge is -2.13. The zero-order chi connectivity index (χ0) is 20.5. The van der Waals surface area contributed by atoms with E-state index in [-0.39, 0.29) is 17.6 Å². The van der Waals surface area contributed by atoms with Crippen molar-refractivity contribution in [1.29, 1.82) is 0 Å². The Labute approximate surface area is 174 Å². The van der Waals surface area contributed by atoms with Gasteiger partial charge in [0.25, 0.3) is 0 Å². The Morgan fingerprint density at radius 2 is 1.86 bits per heavy atom. The van der Waals surface area contributed by atoms with Crippen LogP contribution < -0.4 is 16.0 Å². The summed E-state index contributed by atoms with van der Waals surface area (Å²) >= 11 is 2.69. The van der Waals surface area contributed by atoms with Crippen molar-refractivity contribution in [2.75, 3.05) is 17.6 Å². The summed E-state index contributed by atoms with van der Waals surface area (Å²) in [4.78, 5) is 23.8. The van der Waals surface area contributed by atoms with Gasteiger partial charge in [-0.2, -0.15) is 0 Å². The molecule has 3 N–H and O–H groups in total. The van der Waals surface area contributed by atoms with Crippen LogP contribution in [0.15, 0.2) is 28.6 Å². The fourth-order valence-electron chi connectivity index (χ4n) is 2.27. The van der Waals surface area contributed by atoms with Gasteiger partial charge in [0.15, 0.2) is 4.34 Å². The lowest BCUT2D eigenvalue weighted by molar-refractivity contribution is -0.127. The van der Waals surface area contributed by atoms with Crippen molar-refractivity contribution >= 4 is 45.7 Å². The zero-order valence-electron chi connectivity index (χ0n) is 16.6. The number of carbonyl (C=O) groups excluding carboxylic acids is 2. The second kappa shape index (κ2) is 11.0. The summed E-state index contributed by atoms with van der Waals surface area (Å²) in [6, 6.07) is 7.65. The summed E-state index contributed by atoms with van der Waals surface area (Å²) in [7, 11) is 0. The number of nitrogens with one attached hydrogen (secondary N) is 3. The van der Waals surface area contributed by atoms with Crippen LogP contribution in [0.25, 0.3) is 0 Å². The predicted molar refractivity (Wildman–Crippen MR) is 115 cm³/mol. The van der Waals surface area contributed by atoms with Gasteiger partial charge in [-0.25, -0.2) is 0 Å². The molecule has 1 heterocycles. The number of hydrogen-bond donors (Lipinski definition) is 3. The molecule has 0 aliphatic heterocycles. The van der Waals surface area contributed by atoms with Crippen molar-refractivity contribution in [3.8, 4) is 0 Å². The van der Waals surface area contributed by atoms with E-state index < -0.39 is 6.04 Å². The van der Waals surface area contributed by atoms with Crippen molar-refractivity contribution in [2.24, 2.45) is 0 Å². The Hall–Kier alpha value is -2.13. The first-order chi connectivity index (χ1) is 13.4. The van der Waals surface area contributed by atoms with E-state index in [1.54, 1.807) is 6.92 Å². The highest BCUT2D eigenvalue weighted by Crippen LogP contribution is 2.28. The van der Waals surface area contributed by atoms with Gasteiger partial charge in [-0.05, 0) is 37.0 Å². The first-order valence-corrected chi connectivity index (χ1v) is 11.1. The third kappa shape index (κ3) is 7.12. The molecule has 1 aromatic heterocycles. The maximum atomic E-state index is 12.0. The summed E-state index contributed by atoms with van der Waals surface area (Å²) in [6.07, 6.45) is 0.859. The number of amides is 2. The number of thioether (sulfide) groups is 1. The van der Waals surface area contributed by atoms with Crippen LogP contribution in [0.5, 0.6) is 0 Å². The highest BCUT2D eigenvalue weighted by Gasteiger charge is 2.15. The van der Waals surface area contributed by atoms with Gasteiger partial charge in [-0.1, -0.05) is 56.0 Å². The number of anilines is 2. The maximum Gasteiger partial charge on any atom is 0.242 e. The minimum atomic E-state index is -0.555. The van der Waals surface area contributed by atoms with E-state index in [0.29, 0.717) is 21.9 Å². The number of hydrogen-bond acceptors (Lipinski definition) is 7. The molecule has 1 aromatic carbocycles. The van der Waals surface area contributed by atoms with Gasteiger partial charge < -0.3 is 16.0 Å². The zero-order valence-corrected chi connectivity index (χ0v) is 18.2. The minimum Gasteiger partial charge on any atom is -0.354 e. The molecule has 9 heteroatoms. The van der Waals surface area contributed by atoms with Crippen LogP contribution in [0.2, 0.25) is 0 Å². The van der Waals surface area contributed by atoms with Crippen molar-refractivity contribution in [3.05, 3.63) is 29.8 Å². The van der Waals surface area contributed by atoms with Gasteiger partial charge in [-0.15, -0.1) is 10.2 Å². The van der Waals surface area contributed by atoms with Gasteiger partial charge in [0.1, 0.15) is 6.04 Å². The summed E-state index contributed by atoms with van der Waals surface area (Å²) in [5.74, 6) is 0.290. The largest absolute Gasteiger partial charge is 0.354 e. The minimum absolute atomic E-state index is 0.175. The molecule has 2 aromatic rings. The standard InChI is InChI=1S/C19H27N5O2S2/c1-5-10-20-17(26)13(4)21-16(25)11-27-19-24-23-18(28-19)22-15-8-6-14(7-9-15)12(2)3/h6-9,12-13H,5,10-11H2,1-4H3,(H,20,26)(H,21,25)(H,22,23)/t13-/m1/s1. The van der Waals surface area contributed by atoms with Crippen molar-refractivity contribution < 1.29 is 9.59 Å². The van der Waals surface area contributed by atoms with Crippen molar-refractivity contribution in [3.63, 3.8) is 0 Å². The van der Waals surface area contributed by atoms with E-state index in [4.69, 9.17) is 0 Å². The molecule has 28 heavy (non-hydrogen) atoms. The molecule has 0 spiro atoms. The third-order valence-electron chi connectivity index (χ3n) is 3.88. The number of rotatable bonds is 10. The number of nitrogens with zero attached hydrogens (tertiary/aromatic N) is 2. The van der Waals surface area contributed by atoms with Gasteiger partial charge in [0.05, 0.1) is 5.75 Å². The monoisotopic (exact) mass is 421 g/mol. The Balaban J connectivity index is 1.79. The molecular formula is C19H27N5O2S2. The summed E-state index contributed by atoms with van der Waals surface area (Å²) in [5, 5.41) is 17.5. The highest BCUT2D eigenvalue weighted by atomic mass is 32.2. The van der Waals surface area contributed by atoms with Crippen LogP contribution in [0.1, 0.15) is 45.6 Å². The molecule has 2 rings (SSSR count). The molecule has 0 saturated heterocycles. The first kappa shape index (κ1) is 22.2. The van der Waals surface area contributed by atoms with E-state index in [0.717, 1.165) is 12.1 Å². The van der Waals surface area contributed by atoms with Crippen molar-refractivity contribution in [1.82, 2.24) is 20.8 Å². The lowest BCUT2D eigenvalue weighted by Crippen LogP contribution is -2.45. The Morgan fingerprint density at radius 1 is 1.14 bits per heavy atom. The molecule has 7 nitrogen and oxygen atoms in total. The first-order valence-electron chi connectivity index (χ1n) is 9.29. The van der Waals surface area contributed by atoms with Crippen LogP contribution in [-0.4, -0.2) is 40.4 Å². The Morgan fingerprint density at radius 3 is 2.50 bits per heavy atom. The fourth-order valence-corrected chi connectivity index (χ4v) is 3.85. The highest BCUT2D eigenvalue weighted by molar-refractivity contribution is 8.01. The summed E-state index contributed by atoms with van der Waals surface area (Å²) < 4.78 is 0.694. The van der Waals surface area contributed by atoms with Crippen LogP contribution in [0, 0.1) is 0 Å². The van der Waals surface area contributed by atoms with E-state index in [2.05, 4.69) is 52.1 Å². The lowest BCUT2D eigenvalue weighted by atomic mass is 10.0. The summed E-state index contributed by atoms with van der Waals surface area (Å²) in [5.41, 5.74) is 2.23. The topological polar surface area (TPSA) is 96.0 Å². The molecular weight excluding hydrogens is 394 g/mol. The Kier molecular flexibility index (Phi) is 8.72. The maximum absolute atomic E-state index is 12.0. The van der Waals surface area contributed by atoms with Gasteiger partial charge in [-0.3, -0.25) is 9.59 Å². The normalized spacial score (nSPS) is 11.9. The third-order valence-corrected chi connectivity index (χ3v) is 5.85. The predicted octanol–water partition coefficient (Wildman–Crippen LogP) is 3.53. The van der Waals surface area contributed by atoms with Crippen LogP contribution >= 0.6 is 23.1 Å². The number of benzene rings is 1. The average molecular weight is 422 g/mol. The van der Waals surface area contributed by atoms with Crippen LogP contribution in [0.3, 0.4) is 0 Å². The number of aromatic nitrogens is 2. The average Bonchev–Trinajstić information content (AvgIpc) is 3.12. The molecule has 0 bridgehead atoms. The van der Waals surface area contributed by atoms with Crippen LogP contribution in [0.4, 0.5) is 10.8 Å². The molecule has 0 aliphatic rings. The Bertz CT molecular complexity index is 777. The molecule has 0 fully saturated rings. The molecule has 0 unspecified atom stereocenters. The van der Waals surface area contributed by atoms with Gasteiger partial charge in [0, 0.05) is 12.2 Å². The molecule has 0 saturated carbocycles. The summed E-state index contributed by atoms with van der Waals surface area (Å²) in [6.45, 7) is 8.57. The van der Waals surface area contributed by atoms with E-state index in [1.807, 2.05) is 19.1 Å². The van der Waals surface area contributed by atoms with E-state index in [9.17, 15) is 9.59 Å². The number of carbonyl (C=O) groups is 2. The van der Waals surface area contributed by atoms with Gasteiger partial charge in [0.2, 0.25) is 16.9 Å². The second-order valence-electron chi connectivity index (χ2n) is 6.64. The molecule has 1 atom stereocenters. The van der Waals surface area contributed by atoms with E-state index in [1.165, 1.54) is 28.7 Å². The molecule has 152 valence electrons.